The van der Waals surface area contributed by atoms with E-state index in [-0.39, 0.29) is 5.41 Å². The molecule has 1 amide bonds. The van der Waals surface area contributed by atoms with E-state index in [2.05, 4.69) is 4.40 Å². The second-order valence-corrected chi connectivity index (χ2v) is 8.96. The van der Waals surface area contributed by atoms with Gasteiger partial charge in [0.2, 0.25) is 0 Å². The first-order valence-electron chi connectivity index (χ1n) is 7.30. The van der Waals surface area contributed by atoms with Gasteiger partial charge in [0.25, 0.3) is 0 Å². The Kier molecular flexibility index (Phi) is 3.49. The van der Waals surface area contributed by atoms with Crippen LogP contribution in [0.15, 0.2) is 28.7 Å². The molecule has 1 spiro atoms. The molecule has 118 valence electrons. The molecule has 1 fully saturated rings. The first-order chi connectivity index (χ1) is 10.2. The lowest BCUT2D eigenvalue weighted by molar-refractivity contribution is 0.0564. The predicted molar refractivity (Wildman–Crippen MR) is 86.6 cm³/mol. The summed E-state index contributed by atoms with van der Waals surface area (Å²) in [5.74, 6) is 0. The summed E-state index contributed by atoms with van der Waals surface area (Å²) in [5.41, 5.74) is 2.69. The largest absolute Gasteiger partial charge is 0.591 e. The van der Waals surface area contributed by atoms with Crippen molar-refractivity contribution in [2.75, 3.05) is 13.1 Å². The van der Waals surface area contributed by atoms with Crippen molar-refractivity contribution < 1.29 is 14.5 Å². The molecule has 1 aliphatic carbocycles. The van der Waals surface area contributed by atoms with Gasteiger partial charge in [0.1, 0.15) is 21.8 Å². The number of rotatable bonds is 1. The molecule has 1 unspecified atom stereocenters. The average molecular weight is 320 g/mol. The number of carboxylic acid groups (broad SMARTS) is 1. The van der Waals surface area contributed by atoms with Crippen LogP contribution < -0.4 is 0 Å². The third-order valence-corrected chi connectivity index (χ3v) is 5.66. The van der Waals surface area contributed by atoms with Gasteiger partial charge >= 0.3 is 6.09 Å². The van der Waals surface area contributed by atoms with Crippen molar-refractivity contribution in [1.29, 1.82) is 0 Å². The Morgan fingerprint density at radius 3 is 2.59 bits per heavy atom. The van der Waals surface area contributed by atoms with Gasteiger partial charge in [0.15, 0.2) is 0 Å². The van der Waals surface area contributed by atoms with Crippen LogP contribution >= 0.6 is 0 Å². The fourth-order valence-corrected chi connectivity index (χ4v) is 3.82. The second kappa shape index (κ2) is 4.99. The van der Waals surface area contributed by atoms with Crippen LogP contribution in [0.1, 0.15) is 31.9 Å². The second-order valence-electron chi connectivity index (χ2n) is 7.05. The summed E-state index contributed by atoms with van der Waals surface area (Å²) in [7, 11) is 0. The number of amides is 1. The molecule has 0 aromatic heterocycles. The summed E-state index contributed by atoms with van der Waals surface area (Å²) in [4.78, 5) is 12.5. The minimum Gasteiger partial charge on any atom is -0.591 e. The highest BCUT2D eigenvalue weighted by Crippen LogP contribution is 2.45. The monoisotopic (exact) mass is 320 g/mol. The number of hydrogen-bond donors (Lipinski definition) is 1. The molecule has 1 N–H and O–H groups in total. The molecule has 2 aliphatic rings. The molecule has 1 aliphatic heterocycles. The molecule has 5 nitrogen and oxygen atoms in total. The normalized spacial score (nSPS) is 22.5. The van der Waals surface area contributed by atoms with Crippen LogP contribution in [0.4, 0.5) is 4.79 Å². The first-order valence-corrected chi connectivity index (χ1v) is 8.41. The van der Waals surface area contributed by atoms with Gasteiger partial charge in [-0.15, -0.1) is 0 Å². The molecule has 0 bridgehead atoms. The van der Waals surface area contributed by atoms with Crippen LogP contribution in [0.3, 0.4) is 0 Å². The number of hydrogen-bond acceptors (Lipinski definition) is 3. The van der Waals surface area contributed by atoms with Crippen molar-refractivity contribution in [2.24, 2.45) is 9.81 Å². The van der Waals surface area contributed by atoms with Gasteiger partial charge in [-0.2, -0.15) is 0 Å². The van der Waals surface area contributed by atoms with Gasteiger partial charge in [-0.05, 0) is 32.8 Å². The Labute approximate surface area is 133 Å². The van der Waals surface area contributed by atoms with E-state index in [0.29, 0.717) is 13.1 Å². The zero-order valence-electron chi connectivity index (χ0n) is 13.0. The molecule has 1 heterocycles. The fraction of sp³-hybridized carbons (Fsp3) is 0.500. The van der Waals surface area contributed by atoms with E-state index in [1.165, 1.54) is 4.90 Å². The van der Waals surface area contributed by atoms with Gasteiger partial charge in [-0.1, -0.05) is 28.7 Å². The quantitative estimate of drug-likeness (QED) is 0.808. The third kappa shape index (κ3) is 2.40. The average Bonchev–Trinajstić information content (AvgIpc) is 2.70. The van der Waals surface area contributed by atoms with Gasteiger partial charge in [0.05, 0.1) is 5.41 Å². The minimum atomic E-state index is -1.35. The van der Waals surface area contributed by atoms with Crippen LogP contribution in [0.5, 0.6) is 0 Å². The molecule has 0 saturated carbocycles. The maximum absolute atomic E-state index is 12.5. The Balaban J connectivity index is 1.99. The van der Waals surface area contributed by atoms with E-state index in [9.17, 15) is 9.35 Å². The number of fused-ring (bicyclic) bond motifs is 1. The van der Waals surface area contributed by atoms with E-state index in [1.807, 2.05) is 45.0 Å². The number of carbonyl (C=O) groups is 1. The van der Waals surface area contributed by atoms with Crippen LogP contribution in [-0.4, -0.2) is 44.2 Å². The first kappa shape index (κ1) is 15.4. The van der Waals surface area contributed by atoms with Crippen molar-refractivity contribution in [3.8, 4) is 0 Å². The Hall–Kier alpha value is -1.53. The molecule has 1 saturated heterocycles. The molecule has 0 radical (unpaired) electrons. The van der Waals surface area contributed by atoms with Crippen LogP contribution in [0.25, 0.3) is 0 Å². The summed E-state index contributed by atoms with van der Waals surface area (Å²) in [6.45, 7) is 6.54. The van der Waals surface area contributed by atoms with Gasteiger partial charge in [-0.25, -0.2) is 4.79 Å². The highest BCUT2D eigenvalue weighted by atomic mass is 32.2. The summed E-state index contributed by atoms with van der Waals surface area (Å²) < 4.78 is 16.6. The fourth-order valence-electron chi connectivity index (χ4n) is 3.09. The van der Waals surface area contributed by atoms with E-state index in [4.69, 9.17) is 5.11 Å². The summed E-state index contributed by atoms with van der Waals surface area (Å²) in [5, 5.41) is 9.12. The summed E-state index contributed by atoms with van der Waals surface area (Å²) >= 11 is -1.35. The molecular formula is C16H20N2O3S. The standard InChI is InChI=1S/C16H20N2O3S/c1-15(2,3)22(21)17-13-12-7-5-4-6-11(12)8-16(13)9-18(10-16)14(19)20/h4-7H,8-10H2,1-3H3,(H,19,20)/b17-13+. The van der Waals surface area contributed by atoms with E-state index < -0.39 is 22.2 Å². The summed E-state index contributed by atoms with van der Waals surface area (Å²) in [6, 6.07) is 7.96. The molecule has 1 atom stereocenters. The van der Waals surface area contributed by atoms with E-state index >= 15 is 0 Å². The molecule has 1 aromatic rings. The molecule has 6 heteroatoms. The highest BCUT2D eigenvalue weighted by Gasteiger charge is 2.54. The third-order valence-electron chi connectivity index (χ3n) is 4.26. The Bertz CT molecular complexity index is 645. The van der Waals surface area contributed by atoms with Crippen LogP contribution in [0.2, 0.25) is 0 Å². The van der Waals surface area contributed by atoms with Crippen LogP contribution in [-0.2, 0) is 17.8 Å². The molecular weight excluding hydrogens is 300 g/mol. The van der Waals surface area contributed by atoms with Crippen molar-refractivity contribution in [1.82, 2.24) is 4.90 Å². The lowest BCUT2D eigenvalue weighted by Crippen LogP contribution is -2.61. The highest BCUT2D eigenvalue weighted by molar-refractivity contribution is 7.91. The molecule has 1 aromatic carbocycles. The summed E-state index contributed by atoms with van der Waals surface area (Å²) in [6.07, 6.45) is -0.134. The Morgan fingerprint density at radius 2 is 2.00 bits per heavy atom. The molecule has 3 rings (SSSR count). The van der Waals surface area contributed by atoms with Crippen molar-refractivity contribution in [3.05, 3.63) is 35.4 Å². The van der Waals surface area contributed by atoms with Gasteiger partial charge in [0, 0.05) is 18.7 Å². The molecule has 22 heavy (non-hydrogen) atoms. The number of nitrogens with zero attached hydrogens (tertiary/aromatic N) is 2. The van der Waals surface area contributed by atoms with Gasteiger partial charge < -0.3 is 14.6 Å². The zero-order chi connectivity index (χ0) is 16.1. The van der Waals surface area contributed by atoms with Gasteiger partial charge in [-0.3, -0.25) is 0 Å². The van der Waals surface area contributed by atoms with Crippen molar-refractivity contribution in [3.63, 3.8) is 0 Å². The lowest BCUT2D eigenvalue weighted by Gasteiger charge is -2.46. The van der Waals surface area contributed by atoms with Crippen molar-refractivity contribution in [2.45, 2.75) is 31.9 Å². The van der Waals surface area contributed by atoms with E-state index in [0.717, 1.165) is 23.3 Å². The van der Waals surface area contributed by atoms with Crippen molar-refractivity contribution >= 4 is 23.2 Å². The number of likely N-dealkylation sites (tertiary alicyclic amines) is 1. The predicted octanol–water partition coefficient (Wildman–Crippen LogP) is 2.47. The topological polar surface area (TPSA) is 76.0 Å². The maximum atomic E-state index is 12.5. The maximum Gasteiger partial charge on any atom is 0.407 e. The van der Waals surface area contributed by atoms with Crippen LogP contribution in [0, 0.1) is 5.41 Å². The number of benzene rings is 1. The van der Waals surface area contributed by atoms with E-state index in [1.54, 1.807) is 0 Å². The smallest absolute Gasteiger partial charge is 0.407 e. The Morgan fingerprint density at radius 1 is 1.36 bits per heavy atom. The minimum absolute atomic E-state index is 0.303. The lowest BCUT2D eigenvalue weighted by atomic mass is 9.76. The zero-order valence-corrected chi connectivity index (χ0v) is 13.8. The SMILES string of the molecule is CC(C)(C)[S+]([O-])/N=C1\c2ccccc2CC12CN(C(=O)O)C2.